The van der Waals surface area contributed by atoms with Gasteiger partial charge in [0.15, 0.2) is 6.10 Å². The summed E-state index contributed by atoms with van der Waals surface area (Å²) in [6.07, 6.45) is 76.1. The lowest BCUT2D eigenvalue weighted by atomic mass is 10.1. The van der Waals surface area contributed by atoms with E-state index in [4.69, 9.17) is 14.2 Å². The van der Waals surface area contributed by atoms with E-state index < -0.39 is 12.1 Å². The van der Waals surface area contributed by atoms with E-state index in [2.05, 4.69) is 142 Å². The highest BCUT2D eigenvalue weighted by molar-refractivity contribution is 5.71. The summed E-state index contributed by atoms with van der Waals surface area (Å²) in [5, 5.41) is 0. The van der Waals surface area contributed by atoms with Crippen LogP contribution in [0, 0.1) is 0 Å². The molecule has 0 rings (SSSR count). The Morgan fingerprint density at radius 2 is 0.612 bits per heavy atom. The van der Waals surface area contributed by atoms with Gasteiger partial charge >= 0.3 is 17.9 Å². The van der Waals surface area contributed by atoms with Gasteiger partial charge in [-0.15, -0.1) is 0 Å². The van der Waals surface area contributed by atoms with E-state index in [1.165, 1.54) is 38.5 Å². The minimum absolute atomic E-state index is 0.116. The molecule has 0 N–H and O–H groups in total. The first kappa shape index (κ1) is 62.5. The first-order chi connectivity index (χ1) is 33.0. The first-order valence-corrected chi connectivity index (χ1v) is 26.7. The van der Waals surface area contributed by atoms with Gasteiger partial charge < -0.3 is 14.2 Å². The Bertz CT molecular complexity index is 1480. The van der Waals surface area contributed by atoms with Crippen molar-refractivity contribution in [3.8, 4) is 0 Å². The quantitative estimate of drug-likeness (QED) is 0.0262. The second kappa shape index (κ2) is 54.2. The van der Waals surface area contributed by atoms with E-state index >= 15 is 0 Å². The Morgan fingerprint density at radius 1 is 0.313 bits per heavy atom. The van der Waals surface area contributed by atoms with E-state index in [9.17, 15) is 14.4 Å². The minimum atomic E-state index is -0.826. The van der Waals surface area contributed by atoms with Crippen molar-refractivity contribution in [1.29, 1.82) is 0 Å². The summed E-state index contributed by atoms with van der Waals surface area (Å²) in [6, 6.07) is 0. The molecule has 0 fully saturated rings. The highest BCUT2D eigenvalue weighted by atomic mass is 16.6. The molecule has 0 heterocycles. The van der Waals surface area contributed by atoms with Crippen LogP contribution in [0.25, 0.3) is 0 Å². The first-order valence-electron chi connectivity index (χ1n) is 26.7. The zero-order valence-electron chi connectivity index (χ0n) is 42.9. The van der Waals surface area contributed by atoms with E-state index in [-0.39, 0.29) is 31.6 Å². The van der Waals surface area contributed by atoms with Crippen LogP contribution in [0.5, 0.6) is 0 Å². The lowest BCUT2D eigenvalue weighted by Crippen LogP contribution is -2.30. The molecule has 6 heteroatoms. The Labute approximate surface area is 411 Å². The maximum atomic E-state index is 12.7. The summed E-state index contributed by atoms with van der Waals surface area (Å²) in [5.41, 5.74) is 0. The highest BCUT2D eigenvalue weighted by Crippen LogP contribution is 2.13. The van der Waals surface area contributed by atoms with Crippen LogP contribution in [-0.4, -0.2) is 37.2 Å². The molecule has 0 aromatic rings. The van der Waals surface area contributed by atoms with E-state index in [0.717, 1.165) is 128 Å². The van der Waals surface area contributed by atoms with Gasteiger partial charge in [0.2, 0.25) is 0 Å². The summed E-state index contributed by atoms with van der Waals surface area (Å²) in [5.74, 6) is -1.03. The number of esters is 3. The van der Waals surface area contributed by atoms with Gasteiger partial charge in [-0.05, 0) is 103 Å². The van der Waals surface area contributed by atoms with Gasteiger partial charge in [-0.2, -0.15) is 0 Å². The van der Waals surface area contributed by atoms with Crippen LogP contribution >= 0.6 is 0 Å². The van der Waals surface area contributed by atoms with Crippen molar-refractivity contribution in [2.45, 2.75) is 219 Å². The van der Waals surface area contributed by atoms with Gasteiger partial charge in [0.05, 0.1) is 0 Å². The van der Waals surface area contributed by atoms with E-state index in [1.54, 1.807) is 0 Å². The Hall–Kier alpha value is -4.45. The zero-order valence-corrected chi connectivity index (χ0v) is 42.9. The largest absolute Gasteiger partial charge is 0.462 e. The monoisotopic (exact) mass is 925 g/mol. The molecule has 0 amide bonds. The average molecular weight is 925 g/mol. The number of rotatable bonds is 46. The summed E-state index contributed by atoms with van der Waals surface area (Å²) < 4.78 is 16.7. The van der Waals surface area contributed by atoms with Crippen LogP contribution in [0.4, 0.5) is 0 Å². The number of carbonyl (C=O) groups is 3. The van der Waals surface area contributed by atoms with Gasteiger partial charge in [0, 0.05) is 19.3 Å². The van der Waals surface area contributed by atoms with E-state index in [0.29, 0.717) is 19.3 Å². The van der Waals surface area contributed by atoms with Crippen molar-refractivity contribution >= 4 is 17.9 Å². The number of hydrogen-bond acceptors (Lipinski definition) is 6. The third-order valence-corrected chi connectivity index (χ3v) is 10.7. The predicted octanol–water partition coefficient (Wildman–Crippen LogP) is 17.9. The topological polar surface area (TPSA) is 78.9 Å². The summed E-state index contributed by atoms with van der Waals surface area (Å²) in [6.45, 7) is 6.28. The molecule has 0 saturated heterocycles. The number of unbranched alkanes of at least 4 members (excludes halogenated alkanes) is 13. The molecule has 0 saturated carbocycles. The van der Waals surface area contributed by atoms with Crippen LogP contribution in [0.15, 0.2) is 134 Å². The fraction of sp³-hybridized carbons (Fsp3) is 0.590. The summed E-state index contributed by atoms with van der Waals surface area (Å²) >= 11 is 0. The molecule has 67 heavy (non-hydrogen) atoms. The van der Waals surface area contributed by atoms with Crippen molar-refractivity contribution in [3.63, 3.8) is 0 Å². The maximum Gasteiger partial charge on any atom is 0.306 e. The smallest absolute Gasteiger partial charge is 0.306 e. The SMILES string of the molecule is CC/C=C\C/C=C\C/C=C\C/C=C\C/C=C\C/C=C\C/C=C\CCCCCCCC(=O)OCC(COC(=O)CCCCCCCCCCC)OC(=O)CC/C=C\C/C=C\C/C=C\C/C=C\CC. The average Bonchev–Trinajstić information content (AvgIpc) is 3.33. The molecule has 1 unspecified atom stereocenters. The van der Waals surface area contributed by atoms with E-state index in [1.807, 2.05) is 12.2 Å². The molecule has 376 valence electrons. The molecule has 0 aliphatic heterocycles. The second-order valence-electron chi connectivity index (χ2n) is 17.0. The number of ether oxygens (including phenoxy) is 3. The van der Waals surface area contributed by atoms with Gasteiger partial charge in [-0.3, -0.25) is 14.4 Å². The molecule has 6 nitrogen and oxygen atoms in total. The highest BCUT2D eigenvalue weighted by Gasteiger charge is 2.19. The fourth-order valence-corrected chi connectivity index (χ4v) is 6.73. The molecular weight excluding hydrogens is 829 g/mol. The Morgan fingerprint density at radius 3 is 0.970 bits per heavy atom. The molecule has 1 atom stereocenters. The molecule has 0 aliphatic carbocycles. The lowest BCUT2D eigenvalue weighted by molar-refractivity contribution is -0.166. The molecule has 0 aromatic heterocycles. The van der Waals surface area contributed by atoms with Crippen molar-refractivity contribution < 1.29 is 28.6 Å². The molecule has 0 spiro atoms. The van der Waals surface area contributed by atoms with Gasteiger partial charge in [-0.1, -0.05) is 225 Å². The summed E-state index contributed by atoms with van der Waals surface area (Å²) in [7, 11) is 0. The Kier molecular flexibility index (Phi) is 50.6. The Balaban J connectivity index is 4.36. The molecule has 0 aromatic carbocycles. The molecule has 0 aliphatic rings. The third-order valence-electron chi connectivity index (χ3n) is 10.7. The predicted molar refractivity (Wildman–Crippen MR) is 288 cm³/mol. The van der Waals surface area contributed by atoms with Crippen molar-refractivity contribution in [1.82, 2.24) is 0 Å². The van der Waals surface area contributed by atoms with Crippen LogP contribution in [0.2, 0.25) is 0 Å². The molecule has 0 bridgehead atoms. The summed E-state index contributed by atoms with van der Waals surface area (Å²) in [4.78, 5) is 37.9. The van der Waals surface area contributed by atoms with Crippen LogP contribution in [0.1, 0.15) is 213 Å². The molecule has 0 radical (unpaired) electrons. The van der Waals surface area contributed by atoms with Crippen molar-refractivity contribution in [2.24, 2.45) is 0 Å². The number of allylic oxidation sites excluding steroid dienone is 22. The fourth-order valence-electron chi connectivity index (χ4n) is 6.73. The number of hydrogen-bond donors (Lipinski definition) is 0. The normalized spacial score (nSPS) is 13.2. The van der Waals surface area contributed by atoms with Crippen LogP contribution < -0.4 is 0 Å². The maximum absolute atomic E-state index is 12.7. The lowest BCUT2D eigenvalue weighted by Gasteiger charge is -2.18. The zero-order chi connectivity index (χ0) is 48.6. The second-order valence-corrected chi connectivity index (χ2v) is 17.0. The van der Waals surface area contributed by atoms with Crippen LogP contribution in [0.3, 0.4) is 0 Å². The van der Waals surface area contributed by atoms with Crippen LogP contribution in [-0.2, 0) is 28.6 Å². The molecular formula is C61H96O6. The van der Waals surface area contributed by atoms with Gasteiger partial charge in [0.1, 0.15) is 13.2 Å². The van der Waals surface area contributed by atoms with Crippen molar-refractivity contribution in [3.05, 3.63) is 134 Å². The van der Waals surface area contributed by atoms with Crippen molar-refractivity contribution in [2.75, 3.05) is 13.2 Å². The van der Waals surface area contributed by atoms with Gasteiger partial charge in [0.25, 0.3) is 0 Å². The number of carbonyl (C=O) groups excluding carboxylic acids is 3. The standard InChI is InChI=1S/C61H96O6/c1-4-7-10-13-16-19-21-23-24-25-26-27-28-29-30-31-32-33-34-35-36-38-39-42-45-48-51-54-60(63)66-57-58(56-65-59(62)53-50-47-44-41-18-15-12-9-6-3)67-61(64)55-52-49-46-43-40-37-22-20-17-14-11-8-5-2/h7-8,10-11,16-17,19-20,23-24,26-27,29-30,32-33,35-37,40,46,49,58H,4-6,9,12-15,18,21-22,25,28,31,34,38-39,41-45,47-48,50-57H2,1-3H3/b10-7-,11-8-,19-16-,20-17-,24-23-,27-26-,30-29-,33-32-,36-35-,40-37-,49-46-. The minimum Gasteiger partial charge on any atom is -0.462 e. The van der Waals surface area contributed by atoms with Gasteiger partial charge in [-0.25, -0.2) is 0 Å². The third kappa shape index (κ3) is 52.4.